The van der Waals surface area contributed by atoms with Gasteiger partial charge in [0.1, 0.15) is 0 Å². The highest BCUT2D eigenvalue weighted by atomic mass is 16.1. The van der Waals surface area contributed by atoms with Crippen molar-refractivity contribution in [3.05, 3.63) is 0 Å². The van der Waals surface area contributed by atoms with Crippen LogP contribution >= 0.6 is 0 Å². The molecule has 88 valence electrons. The molecule has 0 bridgehead atoms. The van der Waals surface area contributed by atoms with Gasteiger partial charge in [-0.15, -0.1) is 0 Å². The molecule has 4 heteroatoms. The third kappa shape index (κ3) is 5.14. The minimum atomic E-state index is -0.272. The van der Waals surface area contributed by atoms with Crippen LogP contribution in [-0.2, 0) is 4.79 Å². The van der Waals surface area contributed by atoms with Crippen LogP contribution in [0.25, 0.3) is 0 Å². The van der Waals surface area contributed by atoms with Crippen molar-refractivity contribution in [3.63, 3.8) is 0 Å². The molecule has 0 spiro atoms. The molecule has 0 aromatic carbocycles. The summed E-state index contributed by atoms with van der Waals surface area (Å²) in [7, 11) is 0. The first-order chi connectivity index (χ1) is 7.22. The highest BCUT2D eigenvalue weighted by Crippen LogP contribution is 2.17. The second kappa shape index (κ2) is 6.80. The monoisotopic (exact) mass is 213 g/mol. The van der Waals surface area contributed by atoms with Crippen molar-refractivity contribution in [2.75, 3.05) is 6.54 Å². The summed E-state index contributed by atoms with van der Waals surface area (Å²) in [5, 5.41) is 3.45. The van der Waals surface area contributed by atoms with Crippen LogP contribution in [0.5, 0.6) is 0 Å². The molecule has 4 nitrogen and oxygen atoms in total. The number of nitrogens with two attached hydrogens (primary N) is 2. The number of nitrogens with one attached hydrogen (secondary N) is 1. The van der Waals surface area contributed by atoms with Crippen molar-refractivity contribution < 1.29 is 4.79 Å². The highest BCUT2D eigenvalue weighted by molar-refractivity contribution is 5.74. The fraction of sp³-hybridized carbons (Fsp3) is 0.909. The molecular formula is C11H23N3O. The Morgan fingerprint density at radius 1 is 1.27 bits per heavy atom. The Morgan fingerprint density at radius 2 is 1.87 bits per heavy atom. The first kappa shape index (κ1) is 12.5. The molecule has 1 aliphatic rings. The van der Waals surface area contributed by atoms with Gasteiger partial charge in [-0.1, -0.05) is 25.7 Å². The zero-order valence-electron chi connectivity index (χ0n) is 9.37. The number of primary amides is 1. The van der Waals surface area contributed by atoms with Crippen LogP contribution in [0.1, 0.15) is 44.9 Å². The van der Waals surface area contributed by atoms with Gasteiger partial charge in [-0.25, -0.2) is 0 Å². The zero-order chi connectivity index (χ0) is 11.1. The summed E-state index contributed by atoms with van der Waals surface area (Å²) >= 11 is 0. The Balaban J connectivity index is 2.31. The smallest absolute Gasteiger partial charge is 0.219 e. The SMILES string of the molecule is NCC(CC(N)=O)NC1CCCCCC1. The van der Waals surface area contributed by atoms with Crippen LogP contribution in [0.2, 0.25) is 0 Å². The Morgan fingerprint density at radius 3 is 2.33 bits per heavy atom. The van der Waals surface area contributed by atoms with E-state index in [4.69, 9.17) is 11.5 Å². The van der Waals surface area contributed by atoms with Gasteiger partial charge < -0.3 is 16.8 Å². The molecular weight excluding hydrogens is 190 g/mol. The average Bonchev–Trinajstić information content (AvgIpc) is 2.44. The van der Waals surface area contributed by atoms with Crippen molar-refractivity contribution >= 4 is 5.91 Å². The Hall–Kier alpha value is -0.610. The van der Waals surface area contributed by atoms with Gasteiger partial charge in [0.25, 0.3) is 0 Å². The fourth-order valence-electron chi connectivity index (χ4n) is 2.23. The largest absolute Gasteiger partial charge is 0.370 e. The first-order valence-corrected chi connectivity index (χ1v) is 5.96. The zero-order valence-corrected chi connectivity index (χ0v) is 9.37. The Kier molecular flexibility index (Phi) is 5.65. The molecule has 0 radical (unpaired) electrons. The van der Waals surface area contributed by atoms with E-state index in [-0.39, 0.29) is 11.9 Å². The van der Waals surface area contributed by atoms with Crippen LogP contribution in [0.3, 0.4) is 0 Å². The lowest BCUT2D eigenvalue weighted by Gasteiger charge is -2.22. The lowest BCUT2D eigenvalue weighted by molar-refractivity contribution is -0.118. The number of carbonyl (C=O) groups is 1. The summed E-state index contributed by atoms with van der Waals surface area (Å²) in [6, 6.07) is 0.589. The average molecular weight is 213 g/mol. The number of carbonyl (C=O) groups excluding carboxylic acids is 1. The Bertz CT molecular complexity index is 188. The van der Waals surface area contributed by atoms with Gasteiger partial charge in [0.15, 0.2) is 0 Å². The normalized spacial score (nSPS) is 20.9. The van der Waals surface area contributed by atoms with Gasteiger partial charge in [-0.2, -0.15) is 0 Å². The van der Waals surface area contributed by atoms with Crippen molar-refractivity contribution in [2.45, 2.75) is 57.0 Å². The summed E-state index contributed by atoms with van der Waals surface area (Å²) < 4.78 is 0. The molecule has 0 aromatic heterocycles. The molecule has 0 saturated heterocycles. The van der Waals surface area contributed by atoms with Gasteiger partial charge in [0, 0.05) is 25.0 Å². The second-order valence-electron chi connectivity index (χ2n) is 4.46. The van der Waals surface area contributed by atoms with Gasteiger partial charge in [0.2, 0.25) is 5.91 Å². The van der Waals surface area contributed by atoms with Crippen molar-refractivity contribution in [3.8, 4) is 0 Å². The van der Waals surface area contributed by atoms with E-state index in [1.54, 1.807) is 0 Å². The van der Waals surface area contributed by atoms with E-state index in [1.165, 1.54) is 38.5 Å². The molecule has 1 unspecified atom stereocenters. The van der Waals surface area contributed by atoms with E-state index in [2.05, 4.69) is 5.32 Å². The molecule has 5 N–H and O–H groups in total. The van der Waals surface area contributed by atoms with Crippen LogP contribution in [-0.4, -0.2) is 24.5 Å². The summed E-state index contributed by atoms with van der Waals surface area (Å²) in [5.74, 6) is -0.272. The molecule has 1 amide bonds. The standard InChI is InChI=1S/C11H23N3O/c12-8-10(7-11(13)15)14-9-5-3-1-2-4-6-9/h9-10,14H,1-8,12H2,(H2,13,15). The molecule has 0 aliphatic heterocycles. The van der Waals surface area contributed by atoms with E-state index in [9.17, 15) is 4.79 Å². The van der Waals surface area contributed by atoms with Gasteiger partial charge in [-0.3, -0.25) is 4.79 Å². The molecule has 1 fully saturated rings. The number of rotatable bonds is 5. The van der Waals surface area contributed by atoms with E-state index < -0.39 is 0 Å². The molecule has 0 aromatic rings. The molecule has 1 rings (SSSR count). The molecule has 1 saturated carbocycles. The van der Waals surface area contributed by atoms with E-state index in [1.807, 2.05) is 0 Å². The number of amides is 1. The maximum atomic E-state index is 10.8. The minimum Gasteiger partial charge on any atom is -0.370 e. The topological polar surface area (TPSA) is 81.1 Å². The fourth-order valence-corrected chi connectivity index (χ4v) is 2.23. The van der Waals surface area contributed by atoms with E-state index >= 15 is 0 Å². The van der Waals surface area contributed by atoms with Crippen molar-refractivity contribution in [1.29, 1.82) is 0 Å². The third-order valence-electron chi connectivity index (χ3n) is 3.06. The quantitative estimate of drug-likeness (QED) is 0.582. The predicted molar refractivity (Wildman–Crippen MR) is 61.3 cm³/mol. The van der Waals surface area contributed by atoms with Gasteiger partial charge in [-0.05, 0) is 12.8 Å². The van der Waals surface area contributed by atoms with Crippen LogP contribution in [0, 0.1) is 0 Å². The molecule has 1 aliphatic carbocycles. The summed E-state index contributed by atoms with van der Waals surface area (Å²) in [5.41, 5.74) is 10.8. The first-order valence-electron chi connectivity index (χ1n) is 5.96. The minimum absolute atomic E-state index is 0.0607. The highest BCUT2D eigenvalue weighted by Gasteiger charge is 2.17. The molecule has 1 atom stereocenters. The maximum Gasteiger partial charge on any atom is 0.219 e. The number of hydrogen-bond acceptors (Lipinski definition) is 3. The maximum absolute atomic E-state index is 10.8. The van der Waals surface area contributed by atoms with Gasteiger partial charge >= 0.3 is 0 Å². The Labute approximate surface area is 91.8 Å². The van der Waals surface area contributed by atoms with E-state index in [0.717, 1.165) is 0 Å². The third-order valence-corrected chi connectivity index (χ3v) is 3.06. The summed E-state index contributed by atoms with van der Waals surface area (Å²) in [6.07, 6.45) is 8.00. The predicted octanol–water partition coefficient (Wildman–Crippen LogP) is 0.501. The van der Waals surface area contributed by atoms with Gasteiger partial charge in [0.05, 0.1) is 0 Å². The lowest BCUT2D eigenvalue weighted by atomic mass is 10.1. The lowest BCUT2D eigenvalue weighted by Crippen LogP contribution is -2.44. The summed E-state index contributed by atoms with van der Waals surface area (Å²) in [6.45, 7) is 0.486. The van der Waals surface area contributed by atoms with Crippen LogP contribution in [0.15, 0.2) is 0 Å². The van der Waals surface area contributed by atoms with E-state index in [0.29, 0.717) is 19.0 Å². The van der Waals surface area contributed by atoms with Crippen molar-refractivity contribution in [2.24, 2.45) is 11.5 Å². The number of hydrogen-bond donors (Lipinski definition) is 3. The molecule has 15 heavy (non-hydrogen) atoms. The second-order valence-corrected chi connectivity index (χ2v) is 4.46. The van der Waals surface area contributed by atoms with Crippen molar-refractivity contribution in [1.82, 2.24) is 5.32 Å². The molecule has 0 heterocycles. The summed E-state index contributed by atoms with van der Waals surface area (Å²) in [4.78, 5) is 10.8. The van der Waals surface area contributed by atoms with Crippen LogP contribution < -0.4 is 16.8 Å². The van der Waals surface area contributed by atoms with Crippen LogP contribution in [0.4, 0.5) is 0 Å².